The van der Waals surface area contributed by atoms with Gasteiger partial charge in [0.25, 0.3) is 0 Å². The zero-order valence-electron chi connectivity index (χ0n) is 16.5. The summed E-state index contributed by atoms with van der Waals surface area (Å²) in [6.45, 7) is 4.35. The van der Waals surface area contributed by atoms with Crippen LogP contribution in [0.3, 0.4) is 0 Å². The van der Waals surface area contributed by atoms with E-state index in [2.05, 4.69) is 37.3 Å². The molecule has 0 spiro atoms. The second-order valence-corrected chi connectivity index (χ2v) is 7.43. The first-order valence-corrected chi connectivity index (χ1v) is 9.79. The molecule has 3 heterocycles. The summed E-state index contributed by atoms with van der Waals surface area (Å²) < 4.78 is 38.2. The predicted octanol–water partition coefficient (Wildman–Crippen LogP) is 4.62. The Kier molecular flexibility index (Phi) is 5.67. The second kappa shape index (κ2) is 8.39. The van der Waals surface area contributed by atoms with Crippen LogP contribution >= 0.6 is 0 Å². The smallest absolute Gasteiger partial charge is 0.363 e. The third kappa shape index (κ3) is 4.59. The second-order valence-electron chi connectivity index (χ2n) is 7.43. The van der Waals surface area contributed by atoms with Crippen LogP contribution in [-0.4, -0.2) is 26.4 Å². The molecule has 0 fully saturated rings. The largest absolute Gasteiger partial charge is 0.433 e. The van der Waals surface area contributed by atoms with E-state index in [0.29, 0.717) is 17.9 Å². The molecule has 1 aliphatic rings. The van der Waals surface area contributed by atoms with Gasteiger partial charge in [-0.05, 0) is 24.1 Å². The van der Waals surface area contributed by atoms with Crippen LogP contribution in [0, 0.1) is 0 Å². The normalized spacial score (nSPS) is 15.5. The van der Waals surface area contributed by atoms with Crippen LogP contribution in [0.25, 0.3) is 0 Å². The molecule has 1 aromatic carbocycles. The lowest BCUT2D eigenvalue weighted by Gasteiger charge is -2.30. The molecule has 0 aliphatic carbocycles. The van der Waals surface area contributed by atoms with Crippen LogP contribution in [0.1, 0.15) is 41.0 Å². The van der Waals surface area contributed by atoms with Crippen molar-refractivity contribution in [2.24, 2.45) is 0 Å². The van der Waals surface area contributed by atoms with Crippen molar-refractivity contribution in [2.45, 2.75) is 38.7 Å². The SMILES string of the molecule is CC(Nc1ncnc2c1CN(Cc1ccccc1)CC2)c1ccc(C(F)(F)F)nc1. The molecule has 156 valence electrons. The number of aromatic nitrogens is 3. The molecule has 0 saturated carbocycles. The van der Waals surface area contributed by atoms with E-state index < -0.39 is 11.9 Å². The van der Waals surface area contributed by atoms with Crippen molar-refractivity contribution in [1.29, 1.82) is 0 Å². The molecule has 4 rings (SSSR count). The number of alkyl halides is 3. The number of benzene rings is 1. The van der Waals surface area contributed by atoms with Gasteiger partial charge in [0, 0.05) is 37.8 Å². The van der Waals surface area contributed by atoms with E-state index in [-0.39, 0.29) is 6.04 Å². The Bertz CT molecular complexity index is 990. The molecule has 1 N–H and O–H groups in total. The van der Waals surface area contributed by atoms with Crippen LogP contribution in [0.4, 0.5) is 19.0 Å². The Morgan fingerprint density at radius 1 is 1.07 bits per heavy atom. The summed E-state index contributed by atoms with van der Waals surface area (Å²) >= 11 is 0. The zero-order valence-corrected chi connectivity index (χ0v) is 16.5. The third-order valence-corrected chi connectivity index (χ3v) is 5.26. The van der Waals surface area contributed by atoms with Gasteiger partial charge in [-0.15, -0.1) is 0 Å². The monoisotopic (exact) mass is 413 g/mol. The van der Waals surface area contributed by atoms with Crippen LogP contribution < -0.4 is 5.32 Å². The molecule has 8 heteroatoms. The predicted molar refractivity (Wildman–Crippen MR) is 108 cm³/mol. The number of hydrogen-bond donors (Lipinski definition) is 1. The molecule has 1 unspecified atom stereocenters. The number of halogens is 3. The molecule has 3 aromatic rings. The molecule has 0 radical (unpaired) electrons. The van der Waals surface area contributed by atoms with Crippen LogP contribution in [-0.2, 0) is 25.7 Å². The van der Waals surface area contributed by atoms with Gasteiger partial charge >= 0.3 is 6.18 Å². The van der Waals surface area contributed by atoms with Crippen LogP contribution in [0.5, 0.6) is 0 Å². The van der Waals surface area contributed by atoms with Crippen molar-refractivity contribution < 1.29 is 13.2 Å². The fourth-order valence-corrected chi connectivity index (χ4v) is 3.62. The summed E-state index contributed by atoms with van der Waals surface area (Å²) in [6.07, 6.45) is -0.819. The average Bonchev–Trinajstić information content (AvgIpc) is 2.74. The molecule has 1 aliphatic heterocycles. The standard InChI is InChI=1S/C22H22F3N5/c1-15(17-7-8-20(26-11-17)22(23,24)25)29-21-18-13-30(10-9-19(18)27-14-28-21)12-16-5-3-2-4-6-16/h2-8,11,14-15H,9-10,12-13H2,1H3,(H,27,28,29). The van der Waals surface area contributed by atoms with Crippen molar-refractivity contribution >= 4 is 5.82 Å². The number of fused-ring (bicyclic) bond motifs is 1. The Morgan fingerprint density at radius 2 is 1.87 bits per heavy atom. The molecule has 30 heavy (non-hydrogen) atoms. The fraction of sp³-hybridized carbons (Fsp3) is 0.318. The van der Waals surface area contributed by atoms with Gasteiger partial charge in [0.05, 0.1) is 11.7 Å². The van der Waals surface area contributed by atoms with E-state index >= 15 is 0 Å². The molecular weight excluding hydrogens is 391 g/mol. The number of nitrogens with one attached hydrogen (secondary N) is 1. The van der Waals surface area contributed by atoms with Crippen LogP contribution in [0.2, 0.25) is 0 Å². The summed E-state index contributed by atoms with van der Waals surface area (Å²) in [6, 6.07) is 12.5. The van der Waals surface area contributed by atoms with Gasteiger partial charge in [0.15, 0.2) is 0 Å². The first-order chi connectivity index (χ1) is 14.4. The number of anilines is 1. The van der Waals surface area contributed by atoms with E-state index in [1.165, 1.54) is 24.2 Å². The number of hydrogen-bond acceptors (Lipinski definition) is 5. The number of nitrogens with zero attached hydrogens (tertiary/aromatic N) is 4. The average molecular weight is 413 g/mol. The molecular formula is C22H22F3N5. The molecule has 0 saturated heterocycles. The van der Waals surface area contributed by atoms with E-state index in [9.17, 15) is 13.2 Å². The van der Waals surface area contributed by atoms with Crippen molar-refractivity contribution in [1.82, 2.24) is 19.9 Å². The highest BCUT2D eigenvalue weighted by molar-refractivity contribution is 5.48. The van der Waals surface area contributed by atoms with Crippen molar-refractivity contribution in [2.75, 3.05) is 11.9 Å². The van der Waals surface area contributed by atoms with Crippen molar-refractivity contribution in [3.05, 3.63) is 83.1 Å². The van der Waals surface area contributed by atoms with Crippen LogP contribution in [0.15, 0.2) is 55.0 Å². The molecule has 2 aromatic heterocycles. The maximum atomic E-state index is 12.7. The molecule has 1 atom stereocenters. The minimum atomic E-state index is -4.44. The zero-order chi connectivity index (χ0) is 21.1. The van der Waals surface area contributed by atoms with E-state index in [1.807, 2.05) is 25.1 Å². The summed E-state index contributed by atoms with van der Waals surface area (Å²) in [4.78, 5) is 14.7. The van der Waals surface area contributed by atoms with Gasteiger partial charge in [-0.1, -0.05) is 36.4 Å². The van der Waals surface area contributed by atoms with Crippen molar-refractivity contribution in [3.8, 4) is 0 Å². The fourth-order valence-electron chi connectivity index (χ4n) is 3.62. The highest BCUT2D eigenvalue weighted by Crippen LogP contribution is 2.30. The summed E-state index contributed by atoms with van der Waals surface area (Å²) in [5.41, 5.74) is 3.05. The highest BCUT2D eigenvalue weighted by atomic mass is 19.4. The number of rotatable bonds is 5. The molecule has 0 bridgehead atoms. The Balaban J connectivity index is 1.49. The van der Waals surface area contributed by atoms with E-state index in [4.69, 9.17) is 0 Å². The van der Waals surface area contributed by atoms with E-state index in [1.54, 1.807) is 0 Å². The van der Waals surface area contributed by atoms with Gasteiger partial charge in [-0.2, -0.15) is 13.2 Å². The quantitative estimate of drug-likeness (QED) is 0.661. The lowest BCUT2D eigenvalue weighted by Crippen LogP contribution is -2.31. The maximum absolute atomic E-state index is 12.7. The van der Waals surface area contributed by atoms with Gasteiger partial charge in [-0.25, -0.2) is 9.97 Å². The third-order valence-electron chi connectivity index (χ3n) is 5.26. The van der Waals surface area contributed by atoms with E-state index in [0.717, 1.165) is 36.8 Å². The minimum absolute atomic E-state index is 0.247. The minimum Gasteiger partial charge on any atom is -0.363 e. The maximum Gasteiger partial charge on any atom is 0.433 e. The summed E-state index contributed by atoms with van der Waals surface area (Å²) in [5.74, 6) is 0.713. The number of pyridine rings is 1. The summed E-state index contributed by atoms with van der Waals surface area (Å²) in [7, 11) is 0. The Morgan fingerprint density at radius 3 is 2.57 bits per heavy atom. The lowest BCUT2D eigenvalue weighted by molar-refractivity contribution is -0.141. The first-order valence-electron chi connectivity index (χ1n) is 9.79. The summed E-state index contributed by atoms with van der Waals surface area (Å²) in [5, 5.41) is 3.33. The first kappa shape index (κ1) is 20.3. The highest BCUT2D eigenvalue weighted by Gasteiger charge is 2.32. The Hall–Kier alpha value is -3.00. The van der Waals surface area contributed by atoms with Gasteiger partial charge < -0.3 is 5.32 Å². The topological polar surface area (TPSA) is 53.9 Å². The lowest BCUT2D eigenvalue weighted by atomic mass is 10.0. The Labute approximate surface area is 173 Å². The van der Waals surface area contributed by atoms with Gasteiger partial charge in [-0.3, -0.25) is 9.88 Å². The van der Waals surface area contributed by atoms with Gasteiger partial charge in [0.2, 0.25) is 0 Å². The van der Waals surface area contributed by atoms with Gasteiger partial charge in [0.1, 0.15) is 17.8 Å². The molecule has 5 nitrogen and oxygen atoms in total. The molecule has 0 amide bonds. The van der Waals surface area contributed by atoms with Crippen molar-refractivity contribution in [3.63, 3.8) is 0 Å².